The molecule has 0 radical (unpaired) electrons. The van der Waals surface area contributed by atoms with Crippen molar-refractivity contribution in [1.82, 2.24) is 9.78 Å². The van der Waals surface area contributed by atoms with Crippen molar-refractivity contribution >= 4 is 11.5 Å². The molecule has 0 amide bonds. The van der Waals surface area contributed by atoms with Crippen LogP contribution in [0.4, 0.5) is 11.5 Å². The molecule has 1 heterocycles. The van der Waals surface area contributed by atoms with Crippen molar-refractivity contribution < 1.29 is 4.92 Å². The van der Waals surface area contributed by atoms with Gasteiger partial charge in [-0.1, -0.05) is 27.7 Å². The SMILES string of the molecule is CC(C)c1nn(C)c(NC2CCC(C)(C)C2)c1[N+](=O)[O-]. The van der Waals surface area contributed by atoms with Gasteiger partial charge in [-0.2, -0.15) is 5.10 Å². The molecule has 6 nitrogen and oxygen atoms in total. The Morgan fingerprint density at radius 2 is 2.15 bits per heavy atom. The van der Waals surface area contributed by atoms with E-state index in [1.54, 1.807) is 11.7 Å². The summed E-state index contributed by atoms with van der Waals surface area (Å²) >= 11 is 0. The van der Waals surface area contributed by atoms with Crippen LogP contribution in [0.1, 0.15) is 58.6 Å². The van der Waals surface area contributed by atoms with E-state index in [0.29, 0.717) is 23.0 Å². The zero-order valence-corrected chi connectivity index (χ0v) is 12.9. The number of aromatic nitrogens is 2. The topological polar surface area (TPSA) is 73.0 Å². The van der Waals surface area contributed by atoms with Gasteiger partial charge >= 0.3 is 5.69 Å². The van der Waals surface area contributed by atoms with Gasteiger partial charge in [0.15, 0.2) is 0 Å². The molecule has 2 rings (SSSR count). The minimum absolute atomic E-state index is 0.0390. The first-order valence-corrected chi connectivity index (χ1v) is 7.19. The third-order valence-corrected chi connectivity index (χ3v) is 4.09. The molecule has 1 fully saturated rings. The largest absolute Gasteiger partial charge is 0.362 e. The molecule has 0 bridgehead atoms. The number of aryl methyl sites for hydroxylation is 1. The number of nitro groups is 1. The van der Waals surface area contributed by atoms with Crippen molar-refractivity contribution in [2.75, 3.05) is 5.32 Å². The van der Waals surface area contributed by atoms with Crippen LogP contribution < -0.4 is 5.32 Å². The van der Waals surface area contributed by atoms with Crippen molar-refractivity contribution in [1.29, 1.82) is 0 Å². The molecule has 1 aromatic heterocycles. The summed E-state index contributed by atoms with van der Waals surface area (Å²) in [5, 5.41) is 19.0. The standard InChI is InChI=1S/C14H24N4O2/c1-9(2)11-12(18(19)20)13(17(5)16-11)15-10-6-7-14(3,4)8-10/h9-10,15H,6-8H2,1-5H3. The summed E-state index contributed by atoms with van der Waals surface area (Å²) in [6.45, 7) is 8.34. The van der Waals surface area contributed by atoms with Crippen molar-refractivity contribution in [3.05, 3.63) is 15.8 Å². The van der Waals surface area contributed by atoms with Gasteiger partial charge in [-0.25, -0.2) is 4.68 Å². The second-order valence-corrected chi connectivity index (χ2v) is 6.87. The van der Waals surface area contributed by atoms with Crippen LogP contribution in [0.5, 0.6) is 0 Å². The summed E-state index contributed by atoms with van der Waals surface area (Å²) in [6.07, 6.45) is 3.23. The highest BCUT2D eigenvalue weighted by atomic mass is 16.6. The third-order valence-electron chi connectivity index (χ3n) is 4.09. The van der Waals surface area contributed by atoms with Crippen molar-refractivity contribution in [3.63, 3.8) is 0 Å². The Labute approximate surface area is 119 Å². The van der Waals surface area contributed by atoms with E-state index < -0.39 is 0 Å². The van der Waals surface area contributed by atoms with Gasteiger partial charge in [0.25, 0.3) is 0 Å². The fraction of sp³-hybridized carbons (Fsp3) is 0.786. The Morgan fingerprint density at radius 1 is 1.50 bits per heavy atom. The van der Waals surface area contributed by atoms with E-state index in [0.717, 1.165) is 19.3 Å². The first-order chi connectivity index (χ1) is 9.21. The highest BCUT2D eigenvalue weighted by Crippen LogP contribution is 2.40. The Bertz CT molecular complexity index is 519. The molecule has 1 unspecified atom stereocenters. The molecule has 1 aliphatic carbocycles. The zero-order valence-electron chi connectivity index (χ0n) is 12.9. The minimum atomic E-state index is -0.315. The number of nitrogens with one attached hydrogen (secondary N) is 1. The van der Waals surface area contributed by atoms with Gasteiger partial charge in [0.2, 0.25) is 5.82 Å². The van der Waals surface area contributed by atoms with Gasteiger partial charge < -0.3 is 5.32 Å². The van der Waals surface area contributed by atoms with E-state index in [-0.39, 0.29) is 16.5 Å². The zero-order chi connectivity index (χ0) is 15.1. The maximum atomic E-state index is 11.4. The summed E-state index contributed by atoms with van der Waals surface area (Å²) in [5.41, 5.74) is 0.996. The molecular weight excluding hydrogens is 256 g/mol. The first kappa shape index (κ1) is 14.8. The maximum absolute atomic E-state index is 11.4. The summed E-state index contributed by atoms with van der Waals surface area (Å²) < 4.78 is 1.61. The van der Waals surface area contributed by atoms with Crippen molar-refractivity contribution in [2.45, 2.75) is 58.9 Å². The molecule has 1 atom stereocenters. The van der Waals surface area contributed by atoms with Gasteiger partial charge in [0.1, 0.15) is 5.69 Å². The fourth-order valence-electron chi connectivity index (χ4n) is 3.02. The lowest BCUT2D eigenvalue weighted by Crippen LogP contribution is -2.20. The van der Waals surface area contributed by atoms with Gasteiger partial charge in [0, 0.05) is 19.0 Å². The Hall–Kier alpha value is -1.59. The van der Waals surface area contributed by atoms with Crippen LogP contribution in [0.15, 0.2) is 0 Å². The van der Waals surface area contributed by atoms with Crippen LogP contribution in [-0.2, 0) is 7.05 Å². The van der Waals surface area contributed by atoms with Gasteiger partial charge in [-0.05, 0) is 24.7 Å². The van der Waals surface area contributed by atoms with E-state index in [1.807, 2.05) is 13.8 Å². The monoisotopic (exact) mass is 280 g/mol. The number of rotatable bonds is 4. The predicted molar refractivity (Wildman–Crippen MR) is 79.0 cm³/mol. The highest BCUT2D eigenvalue weighted by Gasteiger charge is 2.34. The summed E-state index contributed by atoms with van der Waals surface area (Å²) in [7, 11) is 1.77. The van der Waals surface area contributed by atoms with Gasteiger partial charge in [0.05, 0.1) is 4.92 Å². The molecule has 1 saturated carbocycles. The number of anilines is 1. The molecule has 0 aromatic carbocycles. The maximum Gasteiger partial charge on any atom is 0.334 e. The second kappa shape index (κ2) is 5.07. The lowest BCUT2D eigenvalue weighted by molar-refractivity contribution is -0.384. The fourth-order valence-corrected chi connectivity index (χ4v) is 3.02. The van der Waals surface area contributed by atoms with Crippen LogP contribution in [0.2, 0.25) is 0 Å². The van der Waals surface area contributed by atoms with Crippen LogP contribution in [-0.4, -0.2) is 20.7 Å². The molecule has 0 aliphatic heterocycles. The average Bonchev–Trinajstić information content (AvgIpc) is 2.81. The molecule has 20 heavy (non-hydrogen) atoms. The van der Waals surface area contributed by atoms with Crippen LogP contribution in [0.3, 0.4) is 0 Å². The lowest BCUT2D eigenvalue weighted by atomic mass is 9.92. The van der Waals surface area contributed by atoms with Crippen LogP contribution in [0, 0.1) is 15.5 Å². The molecule has 1 N–H and O–H groups in total. The first-order valence-electron chi connectivity index (χ1n) is 7.19. The van der Waals surface area contributed by atoms with Crippen molar-refractivity contribution in [2.24, 2.45) is 12.5 Å². The summed E-state index contributed by atoms with van der Waals surface area (Å²) in [5.74, 6) is 0.582. The van der Waals surface area contributed by atoms with Crippen molar-refractivity contribution in [3.8, 4) is 0 Å². The average molecular weight is 280 g/mol. The molecule has 1 aromatic rings. The van der Waals surface area contributed by atoms with E-state index in [9.17, 15) is 10.1 Å². The Kier molecular flexibility index (Phi) is 3.75. The molecule has 0 spiro atoms. The Morgan fingerprint density at radius 3 is 2.60 bits per heavy atom. The van der Waals surface area contributed by atoms with E-state index in [4.69, 9.17) is 0 Å². The molecule has 1 aliphatic rings. The highest BCUT2D eigenvalue weighted by molar-refractivity contribution is 5.61. The number of hydrogen-bond donors (Lipinski definition) is 1. The molecule has 112 valence electrons. The van der Waals surface area contributed by atoms with E-state index in [2.05, 4.69) is 24.3 Å². The predicted octanol–water partition coefficient (Wildman–Crippen LogP) is 3.44. The molecular formula is C14H24N4O2. The Balaban J connectivity index is 2.30. The normalized spacial score (nSPS) is 21.4. The number of nitrogens with zero attached hydrogens (tertiary/aromatic N) is 3. The summed E-state index contributed by atoms with van der Waals surface area (Å²) in [4.78, 5) is 11.1. The van der Waals surface area contributed by atoms with E-state index in [1.165, 1.54) is 0 Å². The minimum Gasteiger partial charge on any atom is -0.362 e. The molecule has 0 saturated heterocycles. The smallest absolute Gasteiger partial charge is 0.334 e. The number of hydrogen-bond acceptors (Lipinski definition) is 4. The summed E-state index contributed by atoms with van der Waals surface area (Å²) in [6, 6.07) is 0.291. The molecule has 6 heteroatoms. The van der Waals surface area contributed by atoms with Gasteiger partial charge in [-0.3, -0.25) is 10.1 Å². The quantitative estimate of drug-likeness (QED) is 0.677. The third kappa shape index (κ3) is 2.78. The van der Waals surface area contributed by atoms with Crippen LogP contribution in [0.25, 0.3) is 0 Å². The van der Waals surface area contributed by atoms with Crippen LogP contribution >= 0.6 is 0 Å². The second-order valence-electron chi connectivity index (χ2n) is 6.87. The van der Waals surface area contributed by atoms with Gasteiger partial charge in [-0.15, -0.1) is 0 Å². The lowest BCUT2D eigenvalue weighted by Gasteiger charge is -2.18. The van der Waals surface area contributed by atoms with E-state index >= 15 is 0 Å².